The molecular formula is C17H10Cl2F3N3OS2. The van der Waals surface area contributed by atoms with Crippen molar-refractivity contribution < 1.29 is 18.0 Å². The van der Waals surface area contributed by atoms with Crippen molar-refractivity contribution in [3.63, 3.8) is 0 Å². The number of carbonyl (C=O) groups is 1. The van der Waals surface area contributed by atoms with Gasteiger partial charge in [0.2, 0.25) is 5.13 Å². The number of hydrogen-bond acceptors (Lipinski definition) is 5. The average molecular weight is 464 g/mol. The lowest BCUT2D eigenvalue weighted by atomic mass is 10.1. The maximum atomic E-state index is 12.8. The predicted molar refractivity (Wildman–Crippen MR) is 105 cm³/mol. The quantitative estimate of drug-likeness (QED) is 0.350. The molecule has 0 spiro atoms. The molecule has 0 bridgehead atoms. The van der Waals surface area contributed by atoms with Crippen LogP contribution in [-0.4, -0.2) is 16.1 Å². The van der Waals surface area contributed by atoms with E-state index >= 15 is 0 Å². The minimum Gasteiger partial charge on any atom is -0.296 e. The molecule has 11 heteroatoms. The largest absolute Gasteiger partial charge is 0.416 e. The summed E-state index contributed by atoms with van der Waals surface area (Å²) in [5, 5.41) is 11.5. The molecule has 3 rings (SSSR count). The number of carbonyl (C=O) groups excluding carboxylic acids is 1. The minimum atomic E-state index is -4.52. The number of anilines is 1. The van der Waals surface area contributed by atoms with E-state index in [1.54, 1.807) is 18.2 Å². The maximum absolute atomic E-state index is 12.8. The van der Waals surface area contributed by atoms with Crippen molar-refractivity contribution in [1.82, 2.24) is 10.2 Å². The Hall–Kier alpha value is -1.81. The molecule has 3 aromatic rings. The minimum absolute atomic E-state index is 0.118. The van der Waals surface area contributed by atoms with E-state index in [1.165, 1.54) is 23.9 Å². The van der Waals surface area contributed by atoms with Gasteiger partial charge in [-0.3, -0.25) is 10.1 Å². The van der Waals surface area contributed by atoms with Gasteiger partial charge in [0, 0.05) is 21.4 Å². The summed E-state index contributed by atoms with van der Waals surface area (Å²) < 4.78 is 38.9. The molecule has 1 aromatic heterocycles. The average Bonchev–Trinajstić information content (AvgIpc) is 3.08. The van der Waals surface area contributed by atoms with Crippen LogP contribution < -0.4 is 5.32 Å². The van der Waals surface area contributed by atoms with Gasteiger partial charge in [-0.25, -0.2) is 0 Å². The molecule has 2 aromatic carbocycles. The van der Waals surface area contributed by atoms with Crippen molar-refractivity contribution in [2.24, 2.45) is 0 Å². The van der Waals surface area contributed by atoms with Crippen molar-refractivity contribution in [3.8, 4) is 0 Å². The zero-order valence-corrected chi connectivity index (χ0v) is 16.9. The van der Waals surface area contributed by atoms with Crippen LogP contribution in [0.5, 0.6) is 0 Å². The Morgan fingerprint density at radius 1 is 1.14 bits per heavy atom. The molecule has 0 aliphatic heterocycles. The number of amides is 1. The Bertz CT molecular complexity index is 1010. The first-order chi connectivity index (χ1) is 13.2. The summed E-state index contributed by atoms with van der Waals surface area (Å²) in [4.78, 5) is 12.2. The third-order valence-corrected chi connectivity index (χ3v) is 6.05. The van der Waals surface area contributed by atoms with E-state index in [2.05, 4.69) is 15.5 Å². The zero-order valence-electron chi connectivity index (χ0n) is 13.8. The Morgan fingerprint density at radius 2 is 1.93 bits per heavy atom. The van der Waals surface area contributed by atoms with E-state index in [9.17, 15) is 18.0 Å². The normalized spacial score (nSPS) is 11.5. The second-order valence-electron chi connectivity index (χ2n) is 5.43. The van der Waals surface area contributed by atoms with E-state index < -0.39 is 17.6 Å². The van der Waals surface area contributed by atoms with Gasteiger partial charge in [-0.05, 0) is 35.9 Å². The van der Waals surface area contributed by atoms with Gasteiger partial charge >= 0.3 is 6.18 Å². The lowest BCUT2D eigenvalue weighted by Crippen LogP contribution is -2.13. The van der Waals surface area contributed by atoms with Crippen molar-refractivity contribution in [2.45, 2.75) is 16.3 Å². The number of halogens is 5. The first-order valence-corrected chi connectivity index (χ1v) is 10.2. The fourth-order valence-electron chi connectivity index (χ4n) is 2.10. The molecule has 28 heavy (non-hydrogen) atoms. The van der Waals surface area contributed by atoms with Gasteiger partial charge in [0.25, 0.3) is 5.91 Å². The number of benzene rings is 2. The molecule has 0 saturated heterocycles. The second kappa shape index (κ2) is 8.69. The monoisotopic (exact) mass is 463 g/mol. The molecule has 0 aliphatic carbocycles. The number of aromatic nitrogens is 2. The number of thioether (sulfide) groups is 1. The standard InChI is InChI=1S/C17H10Cl2F3N3OS2/c18-12-5-4-10(13(19)7-12)8-27-16-25-24-15(28-16)23-14(26)9-2-1-3-11(6-9)17(20,21)22/h1-7H,8H2,(H,23,24,26). The van der Waals surface area contributed by atoms with Gasteiger partial charge in [0.05, 0.1) is 5.56 Å². The number of alkyl halides is 3. The highest BCUT2D eigenvalue weighted by atomic mass is 35.5. The van der Waals surface area contributed by atoms with Crippen LogP contribution in [0.3, 0.4) is 0 Å². The van der Waals surface area contributed by atoms with Gasteiger partial charge in [-0.1, -0.05) is 58.4 Å². The van der Waals surface area contributed by atoms with E-state index in [0.717, 1.165) is 29.0 Å². The van der Waals surface area contributed by atoms with Gasteiger partial charge < -0.3 is 0 Å². The summed E-state index contributed by atoms with van der Waals surface area (Å²) in [6.45, 7) is 0. The van der Waals surface area contributed by atoms with Crippen LogP contribution >= 0.6 is 46.3 Å². The van der Waals surface area contributed by atoms with Gasteiger partial charge in [-0.15, -0.1) is 10.2 Å². The van der Waals surface area contributed by atoms with Gasteiger partial charge in [0.1, 0.15) is 0 Å². The summed E-state index contributed by atoms with van der Waals surface area (Å²) in [5.41, 5.74) is -0.151. The number of rotatable bonds is 5. The predicted octanol–water partition coefficient (Wildman–Crippen LogP) is 6.41. The SMILES string of the molecule is O=C(Nc1nnc(SCc2ccc(Cl)cc2Cl)s1)c1cccc(C(F)(F)F)c1. The van der Waals surface area contributed by atoms with Crippen LogP contribution in [0.2, 0.25) is 10.0 Å². The molecule has 0 unspecified atom stereocenters. The Balaban J connectivity index is 1.63. The fourth-order valence-corrected chi connectivity index (χ4v) is 4.41. The molecule has 1 amide bonds. The topological polar surface area (TPSA) is 54.9 Å². The third-order valence-electron chi connectivity index (χ3n) is 3.45. The van der Waals surface area contributed by atoms with E-state index in [-0.39, 0.29) is 10.7 Å². The molecule has 0 fully saturated rings. The van der Waals surface area contributed by atoms with E-state index in [1.807, 2.05) is 0 Å². The molecule has 1 heterocycles. The van der Waals surface area contributed by atoms with Crippen molar-refractivity contribution in [2.75, 3.05) is 5.32 Å². The van der Waals surface area contributed by atoms with Crippen LogP contribution in [0.4, 0.5) is 18.3 Å². The molecule has 0 aliphatic rings. The number of nitrogens with zero attached hydrogens (tertiary/aromatic N) is 2. The Morgan fingerprint density at radius 3 is 2.64 bits per heavy atom. The summed E-state index contributed by atoms with van der Waals surface area (Å²) in [6, 6.07) is 9.32. The maximum Gasteiger partial charge on any atom is 0.416 e. The Kier molecular flexibility index (Phi) is 6.49. The van der Waals surface area contributed by atoms with Crippen molar-refractivity contribution >= 4 is 57.3 Å². The van der Waals surface area contributed by atoms with Crippen LogP contribution in [0.1, 0.15) is 21.5 Å². The molecule has 146 valence electrons. The lowest BCUT2D eigenvalue weighted by Gasteiger charge is -2.08. The molecule has 4 nitrogen and oxygen atoms in total. The summed E-state index contributed by atoms with van der Waals surface area (Å²) in [5.74, 6) is -0.175. The number of nitrogens with one attached hydrogen (secondary N) is 1. The fraction of sp³-hybridized carbons (Fsp3) is 0.118. The van der Waals surface area contributed by atoms with Crippen molar-refractivity contribution in [1.29, 1.82) is 0 Å². The lowest BCUT2D eigenvalue weighted by molar-refractivity contribution is -0.137. The van der Waals surface area contributed by atoms with Crippen LogP contribution in [0, 0.1) is 0 Å². The summed E-state index contributed by atoms with van der Waals surface area (Å²) in [7, 11) is 0. The second-order valence-corrected chi connectivity index (χ2v) is 8.47. The van der Waals surface area contributed by atoms with Crippen molar-refractivity contribution in [3.05, 3.63) is 69.2 Å². The highest BCUT2D eigenvalue weighted by Crippen LogP contribution is 2.32. The highest BCUT2D eigenvalue weighted by Gasteiger charge is 2.31. The summed E-state index contributed by atoms with van der Waals surface area (Å²) >= 11 is 14.4. The first-order valence-electron chi connectivity index (χ1n) is 7.61. The molecule has 0 atom stereocenters. The van der Waals surface area contributed by atoms with Crippen LogP contribution in [0.25, 0.3) is 0 Å². The smallest absolute Gasteiger partial charge is 0.296 e. The zero-order chi connectivity index (χ0) is 20.3. The number of hydrogen-bond donors (Lipinski definition) is 1. The molecule has 1 N–H and O–H groups in total. The first kappa shape index (κ1) is 20.9. The molecule has 0 saturated carbocycles. The van der Waals surface area contributed by atoms with Crippen LogP contribution in [-0.2, 0) is 11.9 Å². The molecular weight excluding hydrogens is 454 g/mol. The third kappa shape index (κ3) is 5.38. The van der Waals surface area contributed by atoms with E-state index in [0.29, 0.717) is 20.1 Å². The Labute approximate surface area is 176 Å². The van der Waals surface area contributed by atoms with Gasteiger partial charge in [-0.2, -0.15) is 13.2 Å². The van der Waals surface area contributed by atoms with Gasteiger partial charge in [0.15, 0.2) is 4.34 Å². The summed E-state index contributed by atoms with van der Waals surface area (Å²) in [6.07, 6.45) is -4.52. The van der Waals surface area contributed by atoms with E-state index in [4.69, 9.17) is 23.2 Å². The molecule has 0 radical (unpaired) electrons. The van der Waals surface area contributed by atoms with Crippen LogP contribution in [0.15, 0.2) is 46.8 Å². The highest BCUT2D eigenvalue weighted by molar-refractivity contribution is 8.00.